The van der Waals surface area contributed by atoms with Crippen LogP contribution in [-0.2, 0) is 9.05 Å². The van der Waals surface area contributed by atoms with Crippen molar-refractivity contribution >= 4 is 19.7 Å². The van der Waals surface area contributed by atoms with E-state index in [1.165, 1.54) is 23.9 Å². The zero-order valence-electron chi connectivity index (χ0n) is 12.0. The van der Waals surface area contributed by atoms with E-state index in [0.717, 1.165) is 5.56 Å². The van der Waals surface area contributed by atoms with Crippen LogP contribution in [0, 0.1) is 6.92 Å². The number of ether oxygens (including phenoxy) is 1. The molecule has 0 aliphatic carbocycles. The number of rotatable bonds is 4. The summed E-state index contributed by atoms with van der Waals surface area (Å²) in [7, 11) is 1.47. The van der Waals surface area contributed by atoms with E-state index >= 15 is 0 Å². The molecule has 6 heteroatoms. The second-order valence-corrected chi connectivity index (χ2v) is 7.61. The Morgan fingerprint density at radius 3 is 2.38 bits per heavy atom. The van der Waals surface area contributed by atoms with Gasteiger partial charge >= 0.3 is 0 Å². The highest BCUT2D eigenvalue weighted by Crippen LogP contribution is 2.26. The molecule has 1 heterocycles. The van der Waals surface area contributed by atoms with Crippen LogP contribution in [0.1, 0.15) is 30.9 Å². The van der Waals surface area contributed by atoms with Gasteiger partial charge in [0.15, 0.2) is 0 Å². The van der Waals surface area contributed by atoms with Gasteiger partial charge in [-0.25, -0.2) is 13.4 Å². The Kier molecular flexibility index (Phi) is 4.54. The Balaban J connectivity index is 2.21. The molecule has 0 aliphatic heterocycles. The fourth-order valence-electron chi connectivity index (χ4n) is 2.05. The van der Waals surface area contributed by atoms with Crippen LogP contribution in [-0.4, -0.2) is 13.4 Å². The summed E-state index contributed by atoms with van der Waals surface area (Å²) in [6.07, 6.45) is 1.17. The topological polar surface area (TPSA) is 56.3 Å². The molecule has 1 aromatic heterocycles. The van der Waals surface area contributed by atoms with Crippen molar-refractivity contribution in [2.24, 2.45) is 0 Å². The highest BCUT2D eigenvalue weighted by atomic mass is 35.7. The lowest BCUT2D eigenvalue weighted by Crippen LogP contribution is -1.95. The molecule has 0 spiro atoms. The second-order valence-electron chi connectivity index (χ2n) is 5.05. The van der Waals surface area contributed by atoms with Crippen molar-refractivity contribution in [3.63, 3.8) is 0 Å². The SMILES string of the molecule is Cc1cc(Oc2ccc(S(=O)(=O)Cl)cn2)ccc1C(C)C. The van der Waals surface area contributed by atoms with Crippen molar-refractivity contribution in [2.75, 3.05) is 0 Å². The zero-order chi connectivity index (χ0) is 15.6. The number of hydrogen-bond donors (Lipinski definition) is 0. The average Bonchev–Trinajstić information content (AvgIpc) is 2.38. The van der Waals surface area contributed by atoms with Crippen molar-refractivity contribution in [1.82, 2.24) is 4.98 Å². The minimum atomic E-state index is -3.76. The van der Waals surface area contributed by atoms with Gasteiger partial charge in [-0.15, -0.1) is 0 Å². The van der Waals surface area contributed by atoms with Gasteiger partial charge in [0, 0.05) is 16.7 Å². The Labute approximate surface area is 129 Å². The van der Waals surface area contributed by atoms with Crippen LogP contribution < -0.4 is 4.74 Å². The number of aromatic nitrogens is 1. The molecule has 21 heavy (non-hydrogen) atoms. The standard InChI is InChI=1S/C15H16ClNO3S/c1-10(2)14-6-4-12(8-11(14)3)20-15-7-5-13(9-17-15)21(16,18)19/h4-10H,1-3H3. The van der Waals surface area contributed by atoms with Crippen LogP contribution in [0.2, 0.25) is 0 Å². The van der Waals surface area contributed by atoms with Gasteiger partial charge in [0.1, 0.15) is 10.6 Å². The van der Waals surface area contributed by atoms with Crippen molar-refractivity contribution in [1.29, 1.82) is 0 Å². The molecule has 0 radical (unpaired) electrons. The summed E-state index contributed by atoms with van der Waals surface area (Å²) in [5, 5.41) is 0. The molecule has 0 N–H and O–H groups in total. The number of hydrogen-bond acceptors (Lipinski definition) is 4. The fourth-order valence-corrected chi connectivity index (χ4v) is 2.73. The van der Waals surface area contributed by atoms with Crippen molar-refractivity contribution in [3.05, 3.63) is 47.7 Å². The van der Waals surface area contributed by atoms with E-state index < -0.39 is 9.05 Å². The molecular formula is C15H16ClNO3S. The van der Waals surface area contributed by atoms with Gasteiger partial charge in [0.2, 0.25) is 5.88 Å². The first kappa shape index (κ1) is 15.8. The molecule has 0 amide bonds. The summed E-state index contributed by atoms with van der Waals surface area (Å²) < 4.78 is 27.9. The Morgan fingerprint density at radius 1 is 1.19 bits per heavy atom. The quantitative estimate of drug-likeness (QED) is 0.789. The highest BCUT2D eigenvalue weighted by Gasteiger charge is 2.11. The summed E-state index contributed by atoms with van der Waals surface area (Å²) >= 11 is 0. The van der Waals surface area contributed by atoms with Gasteiger partial charge in [-0.05, 0) is 42.2 Å². The first-order valence-corrected chi connectivity index (χ1v) is 8.77. The third-order valence-electron chi connectivity index (χ3n) is 3.08. The molecule has 0 saturated heterocycles. The van der Waals surface area contributed by atoms with Gasteiger partial charge in [-0.1, -0.05) is 19.9 Å². The predicted octanol–water partition coefficient (Wildman–Crippen LogP) is 4.23. The summed E-state index contributed by atoms with van der Waals surface area (Å²) in [6.45, 7) is 6.30. The lowest BCUT2D eigenvalue weighted by molar-refractivity contribution is 0.461. The number of nitrogens with zero attached hydrogens (tertiary/aromatic N) is 1. The normalized spacial score (nSPS) is 11.7. The fraction of sp³-hybridized carbons (Fsp3) is 0.267. The van der Waals surface area contributed by atoms with E-state index in [2.05, 4.69) is 18.8 Å². The maximum Gasteiger partial charge on any atom is 0.262 e. The van der Waals surface area contributed by atoms with Gasteiger partial charge in [0.25, 0.3) is 9.05 Å². The predicted molar refractivity (Wildman–Crippen MR) is 82.6 cm³/mol. The average molecular weight is 326 g/mol. The Bertz CT molecular complexity index is 740. The van der Waals surface area contributed by atoms with Gasteiger partial charge in [-0.2, -0.15) is 0 Å². The monoisotopic (exact) mass is 325 g/mol. The van der Waals surface area contributed by atoms with Gasteiger partial charge in [-0.3, -0.25) is 0 Å². The van der Waals surface area contributed by atoms with E-state index in [4.69, 9.17) is 15.4 Å². The smallest absolute Gasteiger partial charge is 0.262 e. The van der Waals surface area contributed by atoms with Gasteiger partial charge < -0.3 is 4.74 Å². The van der Waals surface area contributed by atoms with E-state index in [0.29, 0.717) is 17.5 Å². The lowest BCUT2D eigenvalue weighted by atomic mass is 9.98. The summed E-state index contributed by atoms with van der Waals surface area (Å²) in [6, 6.07) is 8.66. The molecule has 0 bridgehead atoms. The molecular weight excluding hydrogens is 310 g/mol. The third-order valence-corrected chi connectivity index (χ3v) is 4.42. The van der Waals surface area contributed by atoms with E-state index in [1.54, 1.807) is 0 Å². The molecule has 0 atom stereocenters. The van der Waals surface area contributed by atoms with Crippen LogP contribution >= 0.6 is 10.7 Å². The van der Waals surface area contributed by atoms with Crippen molar-refractivity contribution in [3.8, 4) is 11.6 Å². The summed E-state index contributed by atoms with van der Waals surface area (Å²) in [5.41, 5.74) is 2.40. The zero-order valence-corrected chi connectivity index (χ0v) is 13.6. The molecule has 2 aromatic rings. The molecule has 0 aliphatic rings. The number of halogens is 1. The van der Waals surface area contributed by atoms with E-state index in [9.17, 15) is 8.42 Å². The number of benzene rings is 1. The minimum Gasteiger partial charge on any atom is -0.439 e. The summed E-state index contributed by atoms with van der Waals surface area (Å²) in [5.74, 6) is 1.42. The first-order chi connectivity index (χ1) is 9.77. The van der Waals surface area contributed by atoms with E-state index in [-0.39, 0.29) is 4.90 Å². The molecule has 1 aromatic carbocycles. The molecule has 2 rings (SSSR count). The largest absolute Gasteiger partial charge is 0.439 e. The number of aryl methyl sites for hydroxylation is 1. The van der Waals surface area contributed by atoms with Crippen molar-refractivity contribution < 1.29 is 13.2 Å². The van der Waals surface area contributed by atoms with Gasteiger partial charge in [0.05, 0.1) is 6.20 Å². The van der Waals surface area contributed by atoms with Crippen LogP contribution in [0.5, 0.6) is 11.6 Å². The highest BCUT2D eigenvalue weighted by molar-refractivity contribution is 8.13. The second kappa shape index (κ2) is 6.03. The molecule has 112 valence electrons. The molecule has 0 fully saturated rings. The molecule has 0 unspecified atom stereocenters. The maximum absolute atomic E-state index is 11.1. The Morgan fingerprint density at radius 2 is 1.90 bits per heavy atom. The maximum atomic E-state index is 11.1. The van der Waals surface area contributed by atoms with E-state index in [1.807, 2.05) is 25.1 Å². The van der Waals surface area contributed by atoms with Crippen LogP contribution in [0.15, 0.2) is 41.4 Å². The molecule has 4 nitrogen and oxygen atoms in total. The lowest BCUT2D eigenvalue weighted by Gasteiger charge is -2.11. The number of pyridine rings is 1. The molecule has 0 saturated carbocycles. The van der Waals surface area contributed by atoms with Crippen LogP contribution in [0.3, 0.4) is 0 Å². The summed E-state index contributed by atoms with van der Waals surface area (Å²) in [4.78, 5) is 3.89. The Hall–Kier alpha value is -1.59. The first-order valence-electron chi connectivity index (χ1n) is 6.46. The van der Waals surface area contributed by atoms with Crippen LogP contribution in [0.25, 0.3) is 0 Å². The third kappa shape index (κ3) is 3.95. The minimum absolute atomic E-state index is 0.0529. The van der Waals surface area contributed by atoms with Crippen LogP contribution in [0.4, 0.5) is 0 Å². The van der Waals surface area contributed by atoms with Crippen molar-refractivity contribution in [2.45, 2.75) is 31.6 Å².